The van der Waals surface area contributed by atoms with Gasteiger partial charge >= 0.3 is 6.09 Å². The number of pyridine rings is 1. The highest BCUT2D eigenvalue weighted by Crippen LogP contribution is 2.24. The fourth-order valence-corrected chi connectivity index (χ4v) is 5.77. The van der Waals surface area contributed by atoms with Crippen molar-refractivity contribution in [2.45, 2.75) is 44.7 Å². The van der Waals surface area contributed by atoms with Crippen molar-refractivity contribution in [3.8, 4) is 0 Å². The Morgan fingerprint density at radius 1 is 1.03 bits per heavy atom. The number of nitrogens with zero attached hydrogens (tertiary/aromatic N) is 3. The number of benzene rings is 2. The molecule has 0 spiro atoms. The molecule has 1 aliphatic rings. The molecule has 196 valence electrons. The van der Waals surface area contributed by atoms with Gasteiger partial charge in [-0.05, 0) is 56.2 Å². The SMILES string of the molecule is CC(C)COC(=O)N1C(C)CN(C(=O)c2ccc(NS(=O)(=O)c3cccc4cccnc34)cc2)CC1C. The zero-order chi connectivity index (χ0) is 26.7. The van der Waals surface area contributed by atoms with Crippen LogP contribution in [0.5, 0.6) is 0 Å². The van der Waals surface area contributed by atoms with Gasteiger partial charge in [-0.15, -0.1) is 0 Å². The molecular weight excluding hydrogens is 492 g/mol. The van der Waals surface area contributed by atoms with Crippen LogP contribution in [0.15, 0.2) is 65.7 Å². The second-order valence-electron chi connectivity index (χ2n) is 9.80. The average molecular weight is 525 g/mol. The molecule has 4 rings (SSSR count). The maximum Gasteiger partial charge on any atom is 0.410 e. The lowest BCUT2D eigenvalue weighted by molar-refractivity contribution is 0.0185. The first-order chi connectivity index (χ1) is 17.6. The monoisotopic (exact) mass is 524 g/mol. The van der Waals surface area contributed by atoms with E-state index in [9.17, 15) is 18.0 Å². The average Bonchev–Trinajstić information content (AvgIpc) is 2.86. The van der Waals surface area contributed by atoms with Gasteiger partial charge in [0.15, 0.2) is 0 Å². The minimum atomic E-state index is -3.89. The Kier molecular flexibility index (Phi) is 7.68. The third-order valence-corrected chi connectivity index (χ3v) is 7.64. The number of amides is 2. The normalized spacial score (nSPS) is 18.2. The first-order valence-electron chi connectivity index (χ1n) is 12.3. The second-order valence-corrected chi connectivity index (χ2v) is 11.5. The van der Waals surface area contributed by atoms with Crippen LogP contribution >= 0.6 is 0 Å². The summed E-state index contributed by atoms with van der Waals surface area (Å²) in [6, 6.07) is 14.5. The van der Waals surface area contributed by atoms with E-state index in [1.165, 1.54) is 6.07 Å². The molecule has 1 fully saturated rings. The van der Waals surface area contributed by atoms with Crippen LogP contribution in [0.25, 0.3) is 10.9 Å². The second kappa shape index (κ2) is 10.8. The van der Waals surface area contributed by atoms with Gasteiger partial charge in [-0.2, -0.15) is 0 Å². The maximum absolute atomic E-state index is 13.2. The smallest absolute Gasteiger partial charge is 0.410 e. The van der Waals surface area contributed by atoms with Crippen molar-refractivity contribution in [2.24, 2.45) is 5.92 Å². The van der Waals surface area contributed by atoms with Crippen LogP contribution in [0, 0.1) is 5.92 Å². The Balaban J connectivity index is 1.44. The first-order valence-corrected chi connectivity index (χ1v) is 13.8. The molecular formula is C27H32N4O5S. The van der Waals surface area contributed by atoms with E-state index in [0.29, 0.717) is 36.5 Å². The van der Waals surface area contributed by atoms with Crippen molar-refractivity contribution in [3.63, 3.8) is 0 Å². The molecule has 2 heterocycles. The highest BCUT2D eigenvalue weighted by molar-refractivity contribution is 7.93. The third-order valence-electron chi connectivity index (χ3n) is 6.23. The standard InChI is InChI=1S/C27H32N4O5S/c1-18(2)17-36-27(33)31-19(3)15-30(16-20(31)4)26(32)22-10-12-23(13-11-22)29-37(34,35)24-9-5-7-21-8-6-14-28-25(21)24/h5-14,18-20,29H,15-17H2,1-4H3. The van der Waals surface area contributed by atoms with Gasteiger partial charge in [0.05, 0.1) is 24.2 Å². The van der Waals surface area contributed by atoms with Crippen molar-refractivity contribution >= 4 is 38.6 Å². The van der Waals surface area contributed by atoms with Crippen LogP contribution in [0.4, 0.5) is 10.5 Å². The zero-order valence-corrected chi connectivity index (χ0v) is 22.2. The number of aromatic nitrogens is 1. The van der Waals surface area contributed by atoms with Crippen LogP contribution < -0.4 is 4.72 Å². The van der Waals surface area contributed by atoms with Crippen LogP contribution in [0.3, 0.4) is 0 Å². The molecule has 0 aliphatic carbocycles. The van der Waals surface area contributed by atoms with Gasteiger partial charge in [-0.3, -0.25) is 19.4 Å². The number of carbonyl (C=O) groups is 2. The predicted molar refractivity (Wildman–Crippen MR) is 142 cm³/mol. The molecule has 2 unspecified atom stereocenters. The summed E-state index contributed by atoms with van der Waals surface area (Å²) in [6.45, 7) is 8.86. The van der Waals surface area contributed by atoms with E-state index in [1.807, 2.05) is 27.7 Å². The van der Waals surface area contributed by atoms with Gasteiger partial charge < -0.3 is 9.64 Å². The number of piperazine rings is 1. The van der Waals surface area contributed by atoms with E-state index in [1.54, 1.807) is 64.5 Å². The molecule has 2 atom stereocenters. The minimum Gasteiger partial charge on any atom is -0.449 e. The van der Waals surface area contributed by atoms with E-state index >= 15 is 0 Å². The molecule has 3 aromatic rings. The highest BCUT2D eigenvalue weighted by atomic mass is 32.2. The molecule has 2 amide bonds. The fourth-order valence-electron chi connectivity index (χ4n) is 4.53. The van der Waals surface area contributed by atoms with E-state index < -0.39 is 10.0 Å². The molecule has 0 radical (unpaired) electrons. The topological polar surface area (TPSA) is 109 Å². The number of carbonyl (C=O) groups excluding carboxylic acids is 2. The molecule has 9 nitrogen and oxygen atoms in total. The van der Waals surface area contributed by atoms with E-state index in [0.717, 1.165) is 5.39 Å². The summed E-state index contributed by atoms with van der Waals surface area (Å²) >= 11 is 0. The summed E-state index contributed by atoms with van der Waals surface area (Å²) in [5.74, 6) is 0.0649. The first kappa shape index (κ1) is 26.4. The molecule has 0 saturated carbocycles. The fraction of sp³-hybridized carbons (Fsp3) is 0.370. The Morgan fingerprint density at radius 2 is 1.68 bits per heavy atom. The lowest BCUT2D eigenvalue weighted by Gasteiger charge is -2.43. The van der Waals surface area contributed by atoms with Gasteiger partial charge in [0.1, 0.15) is 4.90 Å². The van der Waals surface area contributed by atoms with Crippen molar-refractivity contribution < 1.29 is 22.7 Å². The Bertz CT molecular complexity index is 1370. The summed E-state index contributed by atoms with van der Waals surface area (Å²) in [6.07, 6.45) is 1.19. The molecule has 37 heavy (non-hydrogen) atoms. The molecule has 0 bridgehead atoms. The van der Waals surface area contributed by atoms with E-state index in [-0.39, 0.29) is 34.9 Å². The molecule has 1 aromatic heterocycles. The number of anilines is 1. The van der Waals surface area contributed by atoms with Crippen LogP contribution in [-0.4, -0.2) is 67.0 Å². The summed E-state index contributed by atoms with van der Waals surface area (Å²) in [5.41, 5.74) is 1.16. The van der Waals surface area contributed by atoms with Gasteiger partial charge in [0.2, 0.25) is 0 Å². The number of hydrogen-bond acceptors (Lipinski definition) is 6. The Hall–Kier alpha value is -3.66. The summed E-state index contributed by atoms with van der Waals surface area (Å²) in [4.78, 5) is 33.4. The predicted octanol–water partition coefficient (Wildman–Crippen LogP) is 4.36. The summed E-state index contributed by atoms with van der Waals surface area (Å²) in [7, 11) is -3.89. The van der Waals surface area contributed by atoms with Crippen molar-refractivity contribution in [1.29, 1.82) is 0 Å². The quantitative estimate of drug-likeness (QED) is 0.513. The molecule has 1 aliphatic heterocycles. The zero-order valence-electron chi connectivity index (χ0n) is 21.4. The Morgan fingerprint density at radius 3 is 2.32 bits per heavy atom. The van der Waals surface area contributed by atoms with Crippen molar-refractivity contribution in [1.82, 2.24) is 14.8 Å². The number of rotatable bonds is 6. The third kappa shape index (κ3) is 5.85. The van der Waals surface area contributed by atoms with E-state index in [2.05, 4.69) is 9.71 Å². The molecule has 10 heteroatoms. The molecule has 2 aromatic carbocycles. The van der Waals surface area contributed by atoms with Crippen LogP contribution in [0.2, 0.25) is 0 Å². The van der Waals surface area contributed by atoms with Crippen LogP contribution in [0.1, 0.15) is 38.1 Å². The van der Waals surface area contributed by atoms with Gasteiger partial charge in [-0.25, -0.2) is 13.2 Å². The van der Waals surface area contributed by atoms with Crippen molar-refractivity contribution in [2.75, 3.05) is 24.4 Å². The summed E-state index contributed by atoms with van der Waals surface area (Å²) < 4.78 is 34.1. The number of ether oxygens (including phenoxy) is 1. The number of sulfonamides is 1. The van der Waals surface area contributed by atoms with E-state index in [4.69, 9.17) is 4.74 Å². The van der Waals surface area contributed by atoms with Gasteiger partial charge in [0.25, 0.3) is 15.9 Å². The van der Waals surface area contributed by atoms with Gasteiger partial charge in [-0.1, -0.05) is 32.0 Å². The minimum absolute atomic E-state index is 0.0820. The lowest BCUT2D eigenvalue weighted by atomic mass is 10.1. The number of nitrogens with one attached hydrogen (secondary N) is 1. The maximum atomic E-state index is 13.2. The largest absolute Gasteiger partial charge is 0.449 e. The molecule has 1 saturated heterocycles. The number of fused-ring (bicyclic) bond motifs is 1. The van der Waals surface area contributed by atoms with Crippen molar-refractivity contribution in [3.05, 3.63) is 66.4 Å². The molecule has 1 N–H and O–H groups in total. The lowest BCUT2D eigenvalue weighted by Crippen LogP contribution is -2.60. The number of hydrogen-bond donors (Lipinski definition) is 1. The van der Waals surface area contributed by atoms with Crippen LogP contribution in [-0.2, 0) is 14.8 Å². The number of para-hydroxylation sites is 1. The van der Waals surface area contributed by atoms with Gasteiger partial charge in [0, 0.05) is 35.9 Å². The highest BCUT2D eigenvalue weighted by Gasteiger charge is 2.36. The Labute approximate surface area is 217 Å². The summed E-state index contributed by atoms with van der Waals surface area (Å²) in [5, 5.41) is 0.725.